The molecule has 3 aromatic rings. The fraction of sp³-hybridized carbons (Fsp3) is 0.318. The molecule has 2 amide bonds. The maximum absolute atomic E-state index is 12.8. The fourth-order valence-corrected chi connectivity index (χ4v) is 3.58. The number of amides is 2. The number of furan rings is 1. The highest BCUT2D eigenvalue weighted by molar-refractivity contribution is 5.91. The van der Waals surface area contributed by atoms with Gasteiger partial charge in [0.15, 0.2) is 11.9 Å². The summed E-state index contributed by atoms with van der Waals surface area (Å²) < 4.78 is 16.2. The highest BCUT2D eigenvalue weighted by atomic mass is 16.5. The summed E-state index contributed by atoms with van der Waals surface area (Å²) in [6, 6.07) is 9.91. The molecule has 8 heteroatoms. The van der Waals surface area contributed by atoms with Gasteiger partial charge in [-0.3, -0.25) is 9.59 Å². The van der Waals surface area contributed by atoms with Crippen molar-refractivity contribution in [2.24, 2.45) is 0 Å². The second-order valence-electron chi connectivity index (χ2n) is 7.26. The lowest BCUT2D eigenvalue weighted by atomic mass is 10.1. The summed E-state index contributed by atoms with van der Waals surface area (Å²) in [4.78, 5) is 40.1. The van der Waals surface area contributed by atoms with Gasteiger partial charge in [-0.15, -0.1) is 0 Å². The molecule has 0 bridgehead atoms. The Morgan fingerprint density at radius 2 is 1.80 bits per heavy atom. The van der Waals surface area contributed by atoms with Crippen LogP contribution in [0.1, 0.15) is 23.0 Å². The predicted octanol–water partition coefficient (Wildman–Crippen LogP) is 2.45. The van der Waals surface area contributed by atoms with E-state index in [0.717, 1.165) is 10.9 Å². The van der Waals surface area contributed by atoms with Gasteiger partial charge in [0.05, 0.1) is 6.26 Å². The number of fused-ring (bicyclic) bond motifs is 1. The van der Waals surface area contributed by atoms with Crippen molar-refractivity contribution < 1.29 is 23.2 Å². The Morgan fingerprint density at radius 3 is 2.50 bits per heavy atom. The Balaban J connectivity index is 1.38. The van der Waals surface area contributed by atoms with Crippen molar-refractivity contribution in [2.75, 3.05) is 26.2 Å². The molecule has 0 spiro atoms. The SMILES string of the molecule is Cc1cc(=O)oc2cc(O[C@@H](C)C(=O)N3CCN(C(=O)c4ccco4)CC3)ccc12. The average molecular weight is 410 g/mol. The molecule has 156 valence electrons. The van der Waals surface area contributed by atoms with Gasteiger partial charge in [-0.05, 0) is 43.7 Å². The first-order valence-corrected chi connectivity index (χ1v) is 9.75. The summed E-state index contributed by atoms with van der Waals surface area (Å²) in [5, 5.41) is 0.818. The molecule has 0 unspecified atom stereocenters. The Labute approximate surface area is 172 Å². The Morgan fingerprint density at radius 1 is 1.07 bits per heavy atom. The first-order valence-electron chi connectivity index (χ1n) is 9.75. The van der Waals surface area contributed by atoms with E-state index in [1.807, 2.05) is 6.92 Å². The number of hydrogen-bond donors (Lipinski definition) is 0. The van der Waals surface area contributed by atoms with Crippen molar-refractivity contribution >= 4 is 22.8 Å². The molecule has 0 aliphatic carbocycles. The maximum atomic E-state index is 12.8. The van der Waals surface area contributed by atoms with Gasteiger partial charge >= 0.3 is 5.63 Å². The van der Waals surface area contributed by atoms with Gasteiger partial charge in [0, 0.05) is 43.7 Å². The van der Waals surface area contributed by atoms with Crippen LogP contribution in [-0.2, 0) is 4.79 Å². The van der Waals surface area contributed by atoms with Crippen LogP contribution in [0.25, 0.3) is 11.0 Å². The maximum Gasteiger partial charge on any atom is 0.336 e. The molecule has 1 aliphatic heterocycles. The summed E-state index contributed by atoms with van der Waals surface area (Å²) >= 11 is 0. The van der Waals surface area contributed by atoms with Gasteiger partial charge in [-0.2, -0.15) is 0 Å². The Kier molecular flexibility index (Phi) is 5.31. The van der Waals surface area contributed by atoms with Crippen molar-refractivity contribution in [1.82, 2.24) is 9.80 Å². The van der Waals surface area contributed by atoms with Gasteiger partial charge in [-0.25, -0.2) is 4.79 Å². The third-order valence-electron chi connectivity index (χ3n) is 5.19. The van der Waals surface area contributed by atoms with E-state index in [4.69, 9.17) is 13.6 Å². The summed E-state index contributed by atoms with van der Waals surface area (Å²) in [6.45, 7) is 5.22. The van der Waals surface area contributed by atoms with Crippen molar-refractivity contribution in [2.45, 2.75) is 20.0 Å². The van der Waals surface area contributed by atoms with Crippen LogP contribution in [-0.4, -0.2) is 53.9 Å². The first-order chi connectivity index (χ1) is 14.4. The number of nitrogens with zero attached hydrogens (tertiary/aromatic N) is 2. The lowest BCUT2D eigenvalue weighted by molar-refractivity contribution is -0.139. The second kappa shape index (κ2) is 8.06. The number of carbonyl (C=O) groups is 2. The van der Waals surface area contributed by atoms with Crippen molar-refractivity contribution in [3.8, 4) is 5.75 Å². The zero-order valence-corrected chi connectivity index (χ0v) is 16.8. The van der Waals surface area contributed by atoms with Crippen LogP contribution < -0.4 is 10.4 Å². The first kappa shape index (κ1) is 19.8. The monoisotopic (exact) mass is 410 g/mol. The van der Waals surface area contributed by atoms with E-state index in [1.165, 1.54) is 12.3 Å². The largest absolute Gasteiger partial charge is 0.481 e. The van der Waals surface area contributed by atoms with Gasteiger partial charge in [0.1, 0.15) is 11.3 Å². The molecule has 1 aliphatic rings. The standard InChI is InChI=1S/C22H22N2O6/c1-14-12-20(25)30-19-13-16(5-6-17(14)19)29-15(2)21(26)23-7-9-24(10-8-23)22(27)18-4-3-11-28-18/h3-6,11-13,15H,7-10H2,1-2H3/t15-/m0/s1. The van der Waals surface area contributed by atoms with Crippen LogP contribution in [0.3, 0.4) is 0 Å². The van der Waals surface area contributed by atoms with Crippen LogP contribution in [0.5, 0.6) is 5.75 Å². The average Bonchev–Trinajstić information content (AvgIpc) is 3.27. The summed E-state index contributed by atoms with van der Waals surface area (Å²) in [6.07, 6.45) is 0.747. The van der Waals surface area contributed by atoms with Gasteiger partial charge in [-0.1, -0.05) is 0 Å². The van der Waals surface area contributed by atoms with Crippen LogP contribution in [0.15, 0.2) is 56.3 Å². The zero-order valence-electron chi connectivity index (χ0n) is 16.8. The van der Waals surface area contributed by atoms with E-state index >= 15 is 0 Å². The van der Waals surface area contributed by atoms with E-state index in [2.05, 4.69) is 0 Å². The third kappa shape index (κ3) is 3.94. The minimum Gasteiger partial charge on any atom is -0.481 e. The van der Waals surface area contributed by atoms with Crippen LogP contribution in [0, 0.1) is 6.92 Å². The van der Waals surface area contributed by atoms with E-state index in [1.54, 1.807) is 47.1 Å². The number of benzene rings is 1. The second-order valence-corrected chi connectivity index (χ2v) is 7.26. The van der Waals surface area contributed by atoms with Gasteiger partial charge < -0.3 is 23.4 Å². The van der Waals surface area contributed by atoms with Crippen molar-refractivity contribution in [3.63, 3.8) is 0 Å². The van der Waals surface area contributed by atoms with E-state index < -0.39 is 11.7 Å². The van der Waals surface area contributed by atoms with Crippen molar-refractivity contribution in [3.05, 3.63) is 64.4 Å². The van der Waals surface area contributed by atoms with E-state index in [0.29, 0.717) is 43.3 Å². The lowest BCUT2D eigenvalue weighted by Crippen LogP contribution is -2.53. The predicted molar refractivity (Wildman–Crippen MR) is 109 cm³/mol. The molecule has 1 saturated heterocycles. The molecule has 1 fully saturated rings. The fourth-order valence-electron chi connectivity index (χ4n) is 3.58. The normalized spacial score (nSPS) is 15.3. The highest BCUT2D eigenvalue weighted by Gasteiger charge is 2.29. The number of ether oxygens (including phenoxy) is 1. The summed E-state index contributed by atoms with van der Waals surface area (Å²) in [5.41, 5.74) is 0.810. The van der Waals surface area contributed by atoms with Gasteiger partial charge in [0.25, 0.3) is 11.8 Å². The molecule has 1 atom stereocenters. The van der Waals surface area contributed by atoms with Crippen LogP contribution in [0.4, 0.5) is 0 Å². The quantitative estimate of drug-likeness (QED) is 0.614. The number of hydrogen-bond acceptors (Lipinski definition) is 6. The minimum absolute atomic E-state index is 0.161. The molecular weight excluding hydrogens is 388 g/mol. The Bertz CT molecular complexity index is 1130. The minimum atomic E-state index is -0.716. The third-order valence-corrected chi connectivity index (χ3v) is 5.19. The number of rotatable bonds is 4. The molecule has 30 heavy (non-hydrogen) atoms. The molecule has 0 radical (unpaired) electrons. The van der Waals surface area contributed by atoms with Crippen LogP contribution in [0.2, 0.25) is 0 Å². The summed E-state index contributed by atoms with van der Waals surface area (Å²) in [5.74, 6) is 0.406. The zero-order chi connectivity index (χ0) is 21.3. The number of carbonyl (C=O) groups excluding carboxylic acids is 2. The molecular formula is C22H22N2O6. The van der Waals surface area contributed by atoms with E-state index in [-0.39, 0.29) is 11.8 Å². The number of aryl methyl sites for hydroxylation is 1. The molecule has 1 aromatic carbocycles. The Hall–Kier alpha value is -3.55. The van der Waals surface area contributed by atoms with Crippen molar-refractivity contribution in [1.29, 1.82) is 0 Å². The topological polar surface area (TPSA) is 93.2 Å². The van der Waals surface area contributed by atoms with Gasteiger partial charge in [0.2, 0.25) is 0 Å². The number of piperazine rings is 1. The molecule has 0 N–H and O–H groups in total. The molecule has 3 heterocycles. The molecule has 4 rings (SSSR count). The summed E-state index contributed by atoms with van der Waals surface area (Å²) in [7, 11) is 0. The van der Waals surface area contributed by atoms with E-state index in [9.17, 15) is 14.4 Å². The smallest absolute Gasteiger partial charge is 0.336 e. The lowest BCUT2D eigenvalue weighted by Gasteiger charge is -2.35. The molecule has 2 aromatic heterocycles. The molecule has 8 nitrogen and oxygen atoms in total. The highest BCUT2D eigenvalue weighted by Crippen LogP contribution is 2.23. The molecule has 0 saturated carbocycles. The van der Waals surface area contributed by atoms with Crippen LogP contribution >= 0.6 is 0 Å².